The van der Waals surface area contributed by atoms with Gasteiger partial charge in [0.25, 0.3) is 0 Å². The fraction of sp³-hybridized carbons (Fsp3) is 1.00. The van der Waals surface area contributed by atoms with Crippen LogP contribution in [-0.4, -0.2) is 26.6 Å². The van der Waals surface area contributed by atoms with E-state index >= 15 is 0 Å². The van der Waals surface area contributed by atoms with Gasteiger partial charge in [0.15, 0.2) is 0 Å². The molecule has 0 radical (unpaired) electrons. The molecule has 0 heterocycles. The number of sulfonamides is 1. The van der Waals surface area contributed by atoms with Crippen LogP contribution in [0.1, 0.15) is 32.6 Å². The van der Waals surface area contributed by atoms with Crippen molar-refractivity contribution in [2.45, 2.75) is 32.6 Å². The van der Waals surface area contributed by atoms with Gasteiger partial charge < -0.3 is 0 Å². The van der Waals surface area contributed by atoms with E-state index in [4.69, 9.17) is 11.6 Å². The maximum atomic E-state index is 11.7. The zero-order valence-corrected chi connectivity index (χ0v) is 11.3. The molecule has 2 aliphatic rings. The first-order valence-corrected chi connectivity index (χ1v) is 8.19. The van der Waals surface area contributed by atoms with Crippen LogP contribution in [0.25, 0.3) is 0 Å². The molecule has 0 aliphatic heterocycles. The molecule has 5 heteroatoms. The minimum absolute atomic E-state index is 0.0234. The molecular formula is C11H20ClNO2S. The van der Waals surface area contributed by atoms with Gasteiger partial charge in [-0.15, -0.1) is 11.6 Å². The third-order valence-corrected chi connectivity index (χ3v) is 5.87. The fourth-order valence-corrected chi connectivity index (χ4v) is 4.05. The van der Waals surface area contributed by atoms with Crippen molar-refractivity contribution in [2.24, 2.45) is 17.3 Å². The second kappa shape index (κ2) is 4.46. The minimum Gasteiger partial charge on any atom is -0.215 e. The standard InChI is InChI=1S/C11H20ClNO2S/c1-9(6-12)7-16(14,15)13-8-11(4-5-11)10-2-3-10/h9-10,13H,2-8H2,1H3. The maximum absolute atomic E-state index is 11.7. The Hall–Kier alpha value is 0.200. The van der Waals surface area contributed by atoms with Crippen LogP contribution in [0.2, 0.25) is 0 Å². The van der Waals surface area contributed by atoms with Gasteiger partial charge in [-0.3, -0.25) is 0 Å². The summed E-state index contributed by atoms with van der Waals surface area (Å²) in [6.45, 7) is 2.51. The van der Waals surface area contributed by atoms with E-state index in [2.05, 4.69) is 4.72 Å². The summed E-state index contributed by atoms with van der Waals surface area (Å²) in [5.41, 5.74) is 0.331. The summed E-state index contributed by atoms with van der Waals surface area (Å²) in [6, 6.07) is 0. The fourth-order valence-electron chi connectivity index (χ4n) is 2.32. The van der Waals surface area contributed by atoms with Crippen LogP contribution in [0.15, 0.2) is 0 Å². The summed E-state index contributed by atoms with van der Waals surface area (Å²) >= 11 is 5.63. The number of halogens is 1. The molecule has 0 amide bonds. The second-order valence-corrected chi connectivity index (χ2v) is 7.66. The summed E-state index contributed by atoms with van der Waals surface area (Å²) in [7, 11) is -3.13. The van der Waals surface area contributed by atoms with Crippen LogP contribution in [0, 0.1) is 17.3 Å². The predicted molar refractivity (Wildman–Crippen MR) is 66.1 cm³/mol. The minimum atomic E-state index is -3.13. The number of alkyl halides is 1. The average Bonchev–Trinajstić information content (AvgIpc) is 3.05. The lowest BCUT2D eigenvalue weighted by Crippen LogP contribution is -2.34. The van der Waals surface area contributed by atoms with Gasteiger partial charge in [0.2, 0.25) is 10.0 Å². The quantitative estimate of drug-likeness (QED) is 0.716. The molecule has 16 heavy (non-hydrogen) atoms. The number of nitrogens with one attached hydrogen (secondary N) is 1. The van der Waals surface area contributed by atoms with Crippen molar-refractivity contribution >= 4 is 21.6 Å². The molecular weight excluding hydrogens is 246 g/mol. The molecule has 2 saturated carbocycles. The zero-order valence-electron chi connectivity index (χ0n) is 9.71. The van der Waals surface area contributed by atoms with Crippen LogP contribution in [-0.2, 0) is 10.0 Å². The predicted octanol–water partition coefficient (Wildman–Crippen LogP) is 1.97. The van der Waals surface area contributed by atoms with Crippen LogP contribution < -0.4 is 4.72 Å². The molecule has 2 aliphatic carbocycles. The molecule has 0 saturated heterocycles. The van der Waals surface area contributed by atoms with Gasteiger partial charge >= 0.3 is 0 Å². The lowest BCUT2D eigenvalue weighted by Gasteiger charge is -2.16. The van der Waals surface area contributed by atoms with Gasteiger partial charge in [0, 0.05) is 12.4 Å². The average molecular weight is 266 g/mol. The number of hydrogen-bond donors (Lipinski definition) is 1. The van der Waals surface area contributed by atoms with Crippen molar-refractivity contribution < 1.29 is 8.42 Å². The Kier molecular flexibility index (Phi) is 3.53. The van der Waals surface area contributed by atoms with Crippen LogP contribution in [0.5, 0.6) is 0 Å². The van der Waals surface area contributed by atoms with Gasteiger partial charge in [-0.25, -0.2) is 13.1 Å². The molecule has 1 N–H and O–H groups in total. The van der Waals surface area contributed by atoms with Crippen molar-refractivity contribution in [3.8, 4) is 0 Å². The van der Waals surface area contributed by atoms with Crippen molar-refractivity contribution in [2.75, 3.05) is 18.2 Å². The third kappa shape index (κ3) is 3.11. The largest absolute Gasteiger partial charge is 0.215 e. The first kappa shape index (κ1) is 12.7. The van der Waals surface area contributed by atoms with Crippen LogP contribution in [0.4, 0.5) is 0 Å². The van der Waals surface area contributed by atoms with E-state index in [0.29, 0.717) is 17.8 Å². The van der Waals surface area contributed by atoms with Crippen molar-refractivity contribution in [1.29, 1.82) is 0 Å². The molecule has 0 bridgehead atoms. The maximum Gasteiger partial charge on any atom is 0.211 e. The Bertz CT molecular complexity index is 347. The van der Waals surface area contributed by atoms with E-state index < -0.39 is 10.0 Å². The monoisotopic (exact) mass is 265 g/mol. The summed E-state index contributed by atoms with van der Waals surface area (Å²) < 4.78 is 26.3. The Balaban J connectivity index is 1.80. The molecule has 1 unspecified atom stereocenters. The van der Waals surface area contributed by atoms with Gasteiger partial charge in [0.05, 0.1) is 5.75 Å². The summed E-state index contributed by atoms with van der Waals surface area (Å²) in [5.74, 6) is 1.36. The Morgan fingerprint density at radius 3 is 2.50 bits per heavy atom. The molecule has 3 nitrogen and oxygen atoms in total. The third-order valence-electron chi connectivity index (χ3n) is 3.75. The smallest absolute Gasteiger partial charge is 0.211 e. The second-order valence-electron chi connectivity index (χ2n) is 5.50. The van der Waals surface area contributed by atoms with E-state index in [9.17, 15) is 8.42 Å². The highest BCUT2D eigenvalue weighted by atomic mass is 35.5. The van der Waals surface area contributed by atoms with Crippen molar-refractivity contribution in [1.82, 2.24) is 4.72 Å². The van der Waals surface area contributed by atoms with E-state index in [1.165, 1.54) is 25.7 Å². The highest BCUT2D eigenvalue weighted by molar-refractivity contribution is 7.89. The van der Waals surface area contributed by atoms with Crippen molar-refractivity contribution in [3.05, 3.63) is 0 Å². The summed E-state index contributed by atoms with van der Waals surface area (Å²) in [6.07, 6.45) is 4.98. The zero-order chi connectivity index (χ0) is 11.8. The van der Waals surface area contributed by atoms with Gasteiger partial charge in [-0.05, 0) is 42.9 Å². The summed E-state index contributed by atoms with van der Waals surface area (Å²) in [4.78, 5) is 0. The molecule has 2 rings (SSSR count). The SMILES string of the molecule is CC(CCl)CS(=O)(=O)NCC1(C2CC2)CC1. The molecule has 0 spiro atoms. The molecule has 0 aromatic heterocycles. The summed E-state index contributed by atoms with van der Waals surface area (Å²) in [5, 5.41) is 0. The van der Waals surface area contributed by atoms with Crippen LogP contribution in [0.3, 0.4) is 0 Å². The Labute approximate surface area is 103 Å². The first-order chi connectivity index (χ1) is 7.47. The molecule has 1 atom stereocenters. The number of rotatable bonds is 7. The highest BCUT2D eigenvalue weighted by Gasteiger charge is 2.53. The molecule has 94 valence electrons. The van der Waals surface area contributed by atoms with Gasteiger partial charge in [-0.1, -0.05) is 6.92 Å². The molecule has 0 aromatic carbocycles. The number of hydrogen-bond acceptors (Lipinski definition) is 2. The Morgan fingerprint density at radius 2 is 2.06 bits per heavy atom. The van der Waals surface area contributed by atoms with Gasteiger partial charge in [0.1, 0.15) is 0 Å². The van der Waals surface area contributed by atoms with E-state index in [1.807, 2.05) is 6.92 Å². The van der Waals surface area contributed by atoms with Crippen molar-refractivity contribution in [3.63, 3.8) is 0 Å². The first-order valence-electron chi connectivity index (χ1n) is 6.01. The van der Waals surface area contributed by atoms with E-state index in [0.717, 1.165) is 5.92 Å². The molecule has 0 aromatic rings. The lowest BCUT2D eigenvalue weighted by atomic mass is 10.0. The van der Waals surface area contributed by atoms with Gasteiger partial charge in [-0.2, -0.15) is 0 Å². The highest BCUT2D eigenvalue weighted by Crippen LogP contribution is 2.60. The Morgan fingerprint density at radius 1 is 1.44 bits per heavy atom. The lowest BCUT2D eigenvalue weighted by molar-refractivity contribution is 0.431. The normalized spacial score (nSPS) is 25.4. The topological polar surface area (TPSA) is 46.2 Å². The van der Waals surface area contributed by atoms with E-state index in [1.54, 1.807) is 0 Å². The van der Waals surface area contributed by atoms with E-state index in [-0.39, 0.29) is 11.7 Å². The molecule has 2 fully saturated rings. The van der Waals surface area contributed by atoms with Crippen LogP contribution >= 0.6 is 11.6 Å².